The van der Waals surface area contributed by atoms with Crippen LogP contribution in [0.2, 0.25) is 10.0 Å². The third-order valence-electron chi connectivity index (χ3n) is 9.54. The van der Waals surface area contributed by atoms with Gasteiger partial charge in [-0.3, -0.25) is 9.59 Å². The van der Waals surface area contributed by atoms with Gasteiger partial charge in [0.2, 0.25) is 21.8 Å². The number of ether oxygens (including phenoxy) is 1. The maximum atomic E-state index is 14.2. The number of hydrogen-bond donors (Lipinski definition) is 1. The van der Waals surface area contributed by atoms with Gasteiger partial charge in [-0.2, -0.15) is 4.31 Å². The smallest absolute Gasteiger partial charge is 0.332 e. The number of nitrogens with two attached hydrogens (primary N) is 1. The van der Waals surface area contributed by atoms with E-state index in [1.807, 2.05) is 32.0 Å². The number of piperazine rings is 1. The van der Waals surface area contributed by atoms with Crippen LogP contribution in [0.1, 0.15) is 47.7 Å². The summed E-state index contributed by atoms with van der Waals surface area (Å²) in [4.78, 5) is 50.1. The summed E-state index contributed by atoms with van der Waals surface area (Å²) in [6.07, 6.45) is 3.96. The number of amidine groups is 1. The molecule has 1 atom stereocenters. The van der Waals surface area contributed by atoms with Crippen molar-refractivity contribution in [3.05, 3.63) is 105 Å². The SMILES string of the molecule is CC(=O)ON=C(N)c1ccc(/C=C/C(=O)N2CCN(C(=O)[C@@H]3CCCN3S(=O)(=O)c3ccc(Cl)c(COc4cccc5c(C)cc(C)nc45)c3Cl)CC2)cc1. The van der Waals surface area contributed by atoms with Crippen molar-refractivity contribution in [3.63, 3.8) is 0 Å². The van der Waals surface area contributed by atoms with Gasteiger partial charge in [-0.25, -0.2) is 18.2 Å². The number of sulfonamides is 1. The van der Waals surface area contributed by atoms with Crippen LogP contribution in [0.15, 0.2) is 76.8 Å². The fourth-order valence-corrected chi connectivity index (χ4v) is 9.21. The lowest BCUT2D eigenvalue weighted by Crippen LogP contribution is -2.55. The number of pyridine rings is 1. The molecular formula is C39H40Cl2N6O7S. The van der Waals surface area contributed by atoms with Crippen LogP contribution in [0, 0.1) is 13.8 Å². The molecule has 0 aliphatic carbocycles. The average Bonchev–Trinajstić information content (AvgIpc) is 3.67. The number of carbonyl (C=O) groups is 3. The second-order valence-corrected chi connectivity index (χ2v) is 15.9. The molecule has 0 bridgehead atoms. The number of hydrogen-bond acceptors (Lipinski definition) is 9. The summed E-state index contributed by atoms with van der Waals surface area (Å²) in [5, 5.41) is 4.66. The van der Waals surface area contributed by atoms with Crippen molar-refractivity contribution in [2.24, 2.45) is 10.9 Å². The third-order valence-corrected chi connectivity index (χ3v) is 12.4. The van der Waals surface area contributed by atoms with Crippen LogP contribution in [0.25, 0.3) is 17.0 Å². The number of fused-ring (bicyclic) bond motifs is 1. The van der Waals surface area contributed by atoms with Crippen molar-refractivity contribution in [2.45, 2.75) is 51.2 Å². The Labute approximate surface area is 329 Å². The van der Waals surface area contributed by atoms with E-state index in [1.165, 1.54) is 29.4 Å². The lowest BCUT2D eigenvalue weighted by Gasteiger charge is -2.36. The summed E-state index contributed by atoms with van der Waals surface area (Å²) in [5.41, 5.74) is 9.97. The molecule has 6 rings (SSSR count). The Morgan fingerprint density at radius 3 is 2.40 bits per heavy atom. The Bertz CT molecular complexity index is 2310. The molecule has 16 heteroatoms. The normalized spacial score (nSPS) is 16.9. The standard InChI is InChI=1S/C39H40Cl2N6O7S/c1-24-22-25(2)43-37-29(24)6-4-8-33(37)53-23-30-31(40)14-15-34(36(30)41)55(51,52)47-17-5-7-32(47)39(50)46-20-18-45(19-21-46)35(49)16-11-27-9-12-28(13-10-27)38(42)44-54-26(3)48/h4,6,8-16,22,32H,5,7,17-21,23H2,1-3H3,(H2,42,44)/b16-11+/t32-/m0/s1. The molecule has 0 unspecified atom stereocenters. The van der Waals surface area contributed by atoms with E-state index in [0.717, 1.165) is 22.2 Å². The number of oxime groups is 1. The highest BCUT2D eigenvalue weighted by atomic mass is 35.5. The Hall–Kier alpha value is -5.02. The van der Waals surface area contributed by atoms with E-state index in [2.05, 4.69) is 15.0 Å². The van der Waals surface area contributed by atoms with E-state index in [1.54, 1.807) is 46.2 Å². The monoisotopic (exact) mass is 806 g/mol. The molecule has 2 N–H and O–H groups in total. The first kappa shape index (κ1) is 39.7. The largest absolute Gasteiger partial charge is 0.487 e. The molecule has 3 heterocycles. The molecule has 0 radical (unpaired) electrons. The van der Waals surface area contributed by atoms with Gasteiger partial charge in [-0.1, -0.05) is 64.8 Å². The number of aryl methyl sites for hydroxylation is 2. The molecule has 2 aliphatic rings. The molecule has 55 heavy (non-hydrogen) atoms. The van der Waals surface area contributed by atoms with Crippen molar-refractivity contribution in [1.29, 1.82) is 0 Å². The van der Waals surface area contributed by atoms with Crippen LogP contribution in [-0.2, 0) is 35.9 Å². The van der Waals surface area contributed by atoms with Crippen molar-refractivity contribution in [2.75, 3.05) is 32.7 Å². The van der Waals surface area contributed by atoms with Crippen molar-refractivity contribution in [3.8, 4) is 5.75 Å². The van der Waals surface area contributed by atoms with Crippen LogP contribution >= 0.6 is 23.2 Å². The number of para-hydroxylation sites is 1. The summed E-state index contributed by atoms with van der Waals surface area (Å²) >= 11 is 13.3. The number of nitrogens with zero attached hydrogens (tertiary/aromatic N) is 5. The fraction of sp³-hybridized carbons (Fsp3) is 0.308. The van der Waals surface area contributed by atoms with Gasteiger partial charge in [0.15, 0.2) is 5.84 Å². The minimum atomic E-state index is -4.22. The highest BCUT2D eigenvalue weighted by Gasteiger charge is 2.43. The van der Waals surface area contributed by atoms with Gasteiger partial charge in [0.05, 0.1) is 5.02 Å². The predicted molar refractivity (Wildman–Crippen MR) is 210 cm³/mol. The molecule has 288 valence electrons. The molecule has 4 aromatic rings. The summed E-state index contributed by atoms with van der Waals surface area (Å²) < 4.78 is 35.7. The van der Waals surface area contributed by atoms with Crippen LogP contribution in [-0.4, -0.2) is 89.9 Å². The molecule has 2 saturated heterocycles. The topological polar surface area (TPSA) is 165 Å². The molecule has 2 amide bonds. The number of halogens is 2. The van der Waals surface area contributed by atoms with Crippen LogP contribution < -0.4 is 10.5 Å². The second kappa shape index (κ2) is 16.8. The zero-order valence-electron chi connectivity index (χ0n) is 30.5. The molecule has 2 aliphatic heterocycles. The number of aromatic nitrogens is 1. The first-order valence-corrected chi connectivity index (χ1v) is 19.8. The summed E-state index contributed by atoms with van der Waals surface area (Å²) in [5.74, 6) is -0.580. The van der Waals surface area contributed by atoms with Gasteiger partial charge in [0, 0.05) is 73.0 Å². The zero-order chi connectivity index (χ0) is 39.4. The molecule has 3 aromatic carbocycles. The second-order valence-electron chi connectivity index (χ2n) is 13.3. The van der Waals surface area contributed by atoms with Crippen molar-refractivity contribution >= 4 is 73.8 Å². The third kappa shape index (κ3) is 8.78. The van der Waals surface area contributed by atoms with E-state index in [0.29, 0.717) is 35.2 Å². The van der Waals surface area contributed by atoms with Gasteiger partial charge in [0.25, 0.3) is 0 Å². The molecule has 2 fully saturated rings. The number of benzene rings is 3. The maximum absolute atomic E-state index is 14.2. The minimum Gasteiger partial charge on any atom is -0.487 e. The summed E-state index contributed by atoms with van der Waals surface area (Å²) in [6.45, 7) is 6.24. The van der Waals surface area contributed by atoms with E-state index in [4.69, 9.17) is 33.7 Å². The van der Waals surface area contributed by atoms with E-state index >= 15 is 0 Å². The van der Waals surface area contributed by atoms with Crippen molar-refractivity contribution in [1.82, 2.24) is 19.1 Å². The molecule has 13 nitrogen and oxygen atoms in total. The Kier molecular flexibility index (Phi) is 12.1. The van der Waals surface area contributed by atoms with Gasteiger partial charge in [0.1, 0.15) is 28.8 Å². The average molecular weight is 808 g/mol. The van der Waals surface area contributed by atoms with Gasteiger partial charge >= 0.3 is 5.97 Å². The lowest BCUT2D eigenvalue weighted by atomic mass is 10.1. The first-order chi connectivity index (χ1) is 26.2. The summed E-state index contributed by atoms with van der Waals surface area (Å²) in [6, 6.07) is 16.4. The first-order valence-electron chi connectivity index (χ1n) is 17.6. The highest BCUT2D eigenvalue weighted by molar-refractivity contribution is 7.89. The van der Waals surface area contributed by atoms with Crippen LogP contribution in [0.3, 0.4) is 0 Å². The van der Waals surface area contributed by atoms with Gasteiger partial charge in [-0.15, -0.1) is 0 Å². The van der Waals surface area contributed by atoms with Crippen LogP contribution in [0.4, 0.5) is 0 Å². The maximum Gasteiger partial charge on any atom is 0.332 e. The van der Waals surface area contributed by atoms with E-state index in [9.17, 15) is 22.8 Å². The van der Waals surface area contributed by atoms with Crippen LogP contribution in [0.5, 0.6) is 5.75 Å². The Balaban J connectivity index is 1.09. The highest BCUT2D eigenvalue weighted by Crippen LogP contribution is 2.37. The number of carbonyl (C=O) groups excluding carboxylic acids is 3. The van der Waals surface area contributed by atoms with Gasteiger partial charge in [-0.05, 0) is 68.2 Å². The predicted octanol–water partition coefficient (Wildman–Crippen LogP) is 5.46. The zero-order valence-corrected chi connectivity index (χ0v) is 32.8. The van der Waals surface area contributed by atoms with Gasteiger partial charge < -0.3 is 25.1 Å². The van der Waals surface area contributed by atoms with E-state index in [-0.39, 0.29) is 71.9 Å². The molecule has 0 saturated carbocycles. The quantitative estimate of drug-likeness (QED) is 0.0721. The van der Waals surface area contributed by atoms with E-state index < -0.39 is 22.0 Å². The lowest BCUT2D eigenvalue weighted by molar-refractivity contribution is -0.141. The Morgan fingerprint density at radius 2 is 1.69 bits per heavy atom. The molecule has 0 spiro atoms. The fourth-order valence-electron chi connectivity index (χ4n) is 6.69. The van der Waals surface area contributed by atoms with Crippen molar-refractivity contribution < 1.29 is 32.4 Å². The Morgan fingerprint density at radius 1 is 0.982 bits per heavy atom. The molecule has 1 aromatic heterocycles. The number of rotatable bonds is 10. The number of amides is 2. The summed E-state index contributed by atoms with van der Waals surface area (Å²) in [7, 11) is -4.22. The molecular weight excluding hydrogens is 767 g/mol. The minimum absolute atomic E-state index is 0.0392.